The van der Waals surface area contributed by atoms with Gasteiger partial charge in [-0.3, -0.25) is 10.1 Å². The van der Waals surface area contributed by atoms with Crippen LogP contribution in [0.15, 0.2) is 29.2 Å². The lowest BCUT2D eigenvalue weighted by Gasteiger charge is -2.37. The van der Waals surface area contributed by atoms with Crippen molar-refractivity contribution >= 4 is 25.9 Å². The molecule has 150 valence electrons. The van der Waals surface area contributed by atoms with E-state index in [0.717, 1.165) is 25.3 Å². The Kier molecular flexibility index (Phi) is 5.82. The summed E-state index contributed by atoms with van der Waals surface area (Å²) in [7, 11) is -7.50. The molecule has 0 N–H and O–H groups in total. The summed E-state index contributed by atoms with van der Waals surface area (Å²) in [5.74, 6) is 0. The molecule has 0 radical (unpaired) electrons. The molecule has 2 fully saturated rings. The number of nitrogens with zero attached hydrogens (tertiary/aromatic N) is 4. The molecule has 2 heterocycles. The van der Waals surface area contributed by atoms with E-state index in [-0.39, 0.29) is 36.8 Å². The minimum atomic E-state index is -3.92. The van der Waals surface area contributed by atoms with Crippen LogP contribution in [0.2, 0.25) is 0 Å². The van der Waals surface area contributed by atoms with Crippen LogP contribution in [0.25, 0.3) is 0 Å². The summed E-state index contributed by atoms with van der Waals surface area (Å²) >= 11 is 0. The minimum absolute atomic E-state index is 0.0120. The van der Waals surface area contributed by atoms with Gasteiger partial charge in [-0.1, -0.05) is 12.5 Å². The number of nitro groups is 1. The minimum Gasteiger partial charge on any atom is -0.258 e. The molecule has 0 aromatic heterocycles. The van der Waals surface area contributed by atoms with Gasteiger partial charge in [-0.05, 0) is 18.9 Å². The lowest BCUT2D eigenvalue weighted by Crippen LogP contribution is -2.54. The van der Waals surface area contributed by atoms with Gasteiger partial charge in [0.15, 0.2) is 0 Å². The third kappa shape index (κ3) is 4.14. The van der Waals surface area contributed by atoms with Crippen molar-refractivity contribution in [1.29, 1.82) is 0 Å². The Bertz CT molecular complexity index is 904. The average Bonchev–Trinajstić information content (AvgIpc) is 2.69. The first-order valence-corrected chi connectivity index (χ1v) is 11.6. The standard InChI is InChI=1S/C15H22N4O6S2/c20-19(21)14-5-4-6-15(13-14)26(22,23)16-9-11-18(12-10-16)27(24,25)17-7-2-1-3-8-17/h4-6,13H,1-3,7-12H2. The number of non-ortho nitro benzene ring substituents is 1. The Hall–Kier alpha value is -1.60. The van der Waals surface area contributed by atoms with Gasteiger partial charge in [-0.25, -0.2) is 8.42 Å². The Labute approximate surface area is 158 Å². The average molecular weight is 418 g/mol. The van der Waals surface area contributed by atoms with Crippen LogP contribution in [0.1, 0.15) is 19.3 Å². The van der Waals surface area contributed by atoms with Crippen LogP contribution >= 0.6 is 0 Å². The first kappa shape index (κ1) is 20.1. The molecule has 0 spiro atoms. The largest absolute Gasteiger partial charge is 0.282 e. The predicted molar refractivity (Wildman–Crippen MR) is 97.8 cm³/mol. The van der Waals surface area contributed by atoms with Crippen LogP contribution in [-0.4, -0.2) is 73.9 Å². The fourth-order valence-corrected chi connectivity index (χ4v) is 6.44. The van der Waals surface area contributed by atoms with E-state index in [9.17, 15) is 26.9 Å². The van der Waals surface area contributed by atoms with Gasteiger partial charge in [-0.15, -0.1) is 0 Å². The van der Waals surface area contributed by atoms with Crippen LogP contribution in [0.4, 0.5) is 5.69 Å². The van der Waals surface area contributed by atoms with Gasteiger partial charge in [0.25, 0.3) is 15.9 Å². The van der Waals surface area contributed by atoms with Crippen molar-refractivity contribution in [1.82, 2.24) is 12.9 Å². The normalized spacial score (nSPS) is 21.2. The number of benzene rings is 1. The highest BCUT2D eigenvalue weighted by molar-refractivity contribution is 7.89. The fraction of sp³-hybridized carbons (Fsp3) is 0.600. The highest BCUT2D eigenvalue weighted by Crippen LogP contribution is 2.24. The molecule has 0 atom stereocenters. The molecule has 1 aromatic carbocycles. The van der Waals surface area contributed by atoms with Crippen molar-refractivity contribution in [2.75, 3.05) is 39.3 Å². The maximum atomic E-state index is 12.7. The molecule has 0 aliphatic carbocycles. The molecule has 0 bridgehead atoms. The van der Waals surface area contributed by atoms with E-state index < -0.39 is 25.2 Å². The summed E-state index contributed by atoms with van der Waals surface area (Å²) in [6.07, 6.45) is 2.68. The predicted octanol–water partition coefficient (Wildman–Crippen LogP) is 0.632. The number of nitro benzene ring substituents is 1. The lowest BCUT2D eigenvalue weighted by atomic mass is 10.2. The monoisotopic (exact) mass is 418 g/mol. The van der Waals surface area contributed by atoms with Crippen molar-refractivity contribution in [3.8, 4) is 0 Å². The zero-order valence-corrected chi connectivity index (χ0v) is 16.4. The quantitative estimate of drug-likeness (QED) is 0.511. The molecule has 27 heavy (non-hydrogen) atoms. The number of hydrogen-bond acceptors (Lipinski definition) is 6. The Balaban J connectivity index is 1.71. The maximum absolute atomic E-state index is 12.7. The summed E-state index contributed by atoms with van der Waals surface area (Å²) in [5.41, 5.74) is -0.303. The summed E-state index contributed by atoms with van der Waals surface area (Å²) in [5, 5.41) is 10.9. The summed E-state index contributed by atoms with van der Waals surface area (Å²) in [4.78, 5) is 10.1. The molecule has 12 heteroatoms. The number of rotatable bonds is 5. The van der Waals surface area contributed by atoms with E-state index in [2.05, 4.69) is 0 Å². The van der Waals surface area contributed by atoms with Crippen LogP contribution in [0.3, 0.4) is 0 Å². The second-order valence-corrected chi connectivity index (χ2v) is 10.4. The van der Waals surface area contributed by atoms with Crippen molar-refractivity contribution in [3.05, 3.63) is 34.4 Å². The Morgan fingerprint density at radius 1 is 0.815 bits per heavy atom. The first-order valence-electron chi connectivity index (χ1n) is 8.73. The first-order chi connectivity index (χ1) is 12.7. The van der Waals surface area contributed by atoms with Crippen molar-refractivity contribution in [2.45, 2.75) is 24.2 Å². The maximum Gasteiger partial charge on any atom is 0.282 e. The van der Waals surface area contributed by atoms with E-state index in [1.807, 2.05) is 0 Å². The van der Waals surface area contributed by atoms with E-state index >= 15 is 0 Å². The van der Waals surface area contributed by atoms with Crippen LogP contribution < -0.4 is 0 Å². The molecule has 0 amide bonds. The van der Waals surface area contributed by atoms with Crippen LogP contribution in [0.5, 0.6) is 0 Å². The van der Waals surface area contributed by atoms with Gasteiger partial charge in [-0.2, -0.15) is 21.3 Å². The summed E-state index contributed by atoms with van der Waals surface area (Å²) < 4.78 is 54.8. The smallest absolute Gasteiger partial charge is 0.258 e. The number of piperazine rings is 1. The van der Waals surface area contributed by atoms with Crippen molar-refractivity contribution in [3.63, 3.8) is 0 Å². The third-order valence-corrected chi connectivity index (χ3v) is 8.76. The summed E-state index contributed by atoms with van der Waals surface area (Å²) in [6, 6.07) is 4.87. The number of hydrogen-bond donors (Lipinski definition) is 0. The molecule has 0 saturated carbocycles. The molecule has 1 aromatic rings. The van der Waals surface area contributed by atoms with Gasteiger partial charge in [0, 0.05) is 51.4 Å². The molecule has 2 aliphatic rings. The zero-order valence-electron chi connectivity index (χ0n) is 14.7. The van der Waals surface area contributed by atoms with E-state index in [0.29, 0.717) is 13.1 Å². The molecular weight excluding hydrogens is 396 g/mol. The molecular formula is C15H22N4O6S2. The van der Waals surface area contributed by atoms with Gasteiger partial charge >= 0.3 is 0 Å². The molecule has 2 aliphatic heterocycles. The second-order valence-electron chi connectivity index (χ2n) is 6.53. The second kappa shape index (κ2) is 7.80. The summed E-state index contributed by atoms with van der Waals surface area (Å²) in [6.45, 7) is 1.14. The molecule has 10 nitrogen and oxygen atoms in total. The molecule has 0 unspecified atom stereocenters. The topological polar surface area (TPSA) is 121 Å². The number of piperidine rings is 1. The van der Waals surface area contributed by atoms with Crippen molar-refractivity contribution < 1.29 is 21.8 Å². The van der Waals surface area contributed by atoms with Crippen LogP contribution in [0, 0.1) is 10.1 Å². The molecule has 3 rings (SSSR count). The zero-order chi connectivity index (χ0) is 19.7. The highest BCUT2D eigenvalue weighted by Gasteiger charge is 2.36. The third-order valence-electron chi connectivity index (χ3n) is 4.83. The van der Waals surface area contributed by atoms with Crippen LogP contribution in [-0.2, 0) is 20.2 Å². The lowest BCUT2D eigenvalue weighted by molar-refractivity contribution is -0.385. The Morgan fingerprint density at radius 3 is 1.96 bits per heavy atom. The molecule has 2 saturated heterocycles. The van der Waals surface area contributed by atoms with Crippen molar-refractivity contribution in [2.24, 2.45) is 0 Å². The number of sulfonamides is 1. The van der Waals surface area contributed by atoms with E-state index in [1.165, 1.54) is 31.1 Å². The van der Waals surface area contributed by atoms with E-state index in [4.69, 9.17) is 0 Å². The SMILES string of the molecule is O=[N+]([O-])c1cccc(S(=O)(=O)N2CCN(S(=O)(=O)N3CCCCC3)CC2)c1. The van der Waals surface area contributed by atoms with Gasteiger partial charge in [0.05, 0.1) is 9.82 Å². The fourth-order valence-electron chi connectivity index (χ4n) is 3.31. The van der Waals surface area contributed by atoms with Gasteiger partial charge < -0.3 is 0 Å². The van der Waals surface area contributed by atoms with Gasteiger partial charge in [0.2, 0.25) is 10.0 Å². The van der Waals surface area contributed by atoms with Gasteiger partial charge in [0.1, 0.15) is 0 Å². The van der Waals surface area contributed by atoms with E-state index in [1.54, 1.807) is 0 Å². The Morgan fingerprint density at radius 2 is 1.37 bits per heavy atom. The highest BCUT2D eigenvalue weighted by atomic mass is 32.2.